The molecule has 1 heterocycles. The van der Waals surface area contributed by atoms with Crippen molar-refractivity contribution >= 4 is 15.9 Å². The number of nitrogens with two attached hydrogens (primary N) is 1. The number of nitrogens with zero attached hydrogens (tertiary/aromatic N) is 1. The lowest BCUT2D eigenvalue weighted by molar-refractivity contribution is 0.400. The summed E-state index contributed by atoms with van der Waals surface area (Å²) in [5.41, 5.74) is 5.75. The second kappa shape index (κ2) is 6.14. The Kier molecular flexibility index (Phi) is 4.52. The van der Waals surface area contributed by atoms with Crippen LogP contribution in [0.25, 0.3) is 0 Å². The zero-order valence-corrected chi connectivity index (χ0v) is 12.4. The molecule has 0 amide bonds. The number of hydrogen-bond donors (Lipinski definition) is 2. The molecule has 1 atom stereocenters. The summed E-state index contributed by atoms with van der Waals surface area (Å²) in [6, 6.07) is 9.63. The molecule has 0 saturated carbocycles. The van der Waals surface area contributed by atoms with Gasteiger partial charge in [0, 0.05) is 10.7 Å². The third-order valence-electron chi connectivity index (χ3n) is 2.86. The van der Waals surface area contributed by atoms with Crippen LogP contribution >= 0.6 is 15.9 Å². The third-order valence-corrected chi connectivity index (χ3v) is 3.32. The van der Waals surface area contributed by atoms with Crippen LogP contribution in [0, 0.1) is 6.92 Å². The molecule has 0 aliphatic rings. The maximum absolute atomic E-state index is 5.70. The first kappa shape index (κ1) is 14.0. The zero-order valence-electron chi connectivity index (χ0n) is 10.9. The van der Waals surface area contributed by atoms with Crippen LogP contribution < -0.4 is 16.0 Å². The topological polar surface area (TPSA) is 60.2 Å². The predicted molar refractivity (Wildman–Crippen MR) is 78.8 cm³/mol. The van der Waals surface area contributed by atoms with Crippen LogP contribution in [0.3, 0.4) is 0 Å². The van der Waals surface area contributed by atoms with Gasteiger partial charge in [0.2, 0.25) is 0 Å². The molecule has 2 rings (SSSR count). The number of pyridine rings is 1. The first-order chi connectivity index (χ1) is 9.15. The van der Waals surface area contributed by atoms with Crippen molar-refractivity contribution in [3.8, 4) is 5.75 Å². The second-order valence-electron chi connectivity index (χ2n) is 4.25. The highest BCUT2D eigenvalue weighted by Crippen LogP contribution is 2.29. The Hall–Kier alpha value is -1.43. The molecule has 100 valence electrons. The Morgan fingerprint density at radius 1 is 1.37 bits per heavy atom. The van der Waals surface area contributed by atoms with Crippen molar-refractivity contribution in [1.82, 2.24) is 10.4 Å². The Morgan fingerprint density at radius 3 is 2.79 bits per heavy atom. The van der Waals surface area contributed by atoms with Gasteiger partial charge >= 0.3 is 0 Å². The SMILES string of the molecule is COc1cccnc1C(NN)c1cc(C)cc(Br)c1. The van der Waals surface area contributed by atoms with Gasteiger partial charge in [-0.3, -0.25) is 10.8 Å². The smallest absolute Gasteiger partial charge is 0.142 e. The molecular weight excluding hydrogens is 306 g/mol. The fourth-order valence-electron chi connectivity index (χ4n) is 2.06. The first-order valence-corrected chi connectivity index (χ1v) is 6.67. The van der Waals surface area contributed by atoms with E-state index in [-0.39, 0.29) is 6.04 Å². The van der Waals surface area contributed by atoms with Crippen molar-refractivity contribution in [3.05, 3.63) is 57.8 Å². The Balaban J connectivity index is 2.49. The largest absolute Gasteiger partial charge is 0.495 e. The Bertz CT molecular complexity index is 554. The highest BCUT2D eigenvalue weighted by atomic mass is 79.9. The van der Waals surface area contributed by atoms with Gasteiger partial charge in [0.25, 0.3) is 0 Å². The van der Waals surface area contributed by atoms with Gasteiger partial charge in [0.15, 0.2) is 0 Å². The predicted octanol–water partition coefficient (Wildman–Crippen LogP) is 2.71. The lowest BCUT2D eigenvalue weighted by atomic mass is 10.0. The summed E-state index contributed by atoms with van der Waals surface area (Å²) in [7, 11) is 1.63. The molecule has 3 N–H and O–H groups in total. The fraction of sp³-hybridized carbons (Fsp3) is 0.214. The van der Waals surface area contributed by atoms with E-state index in [2.05, 4.69) is 32.4 Å². The maximum atomic E-state index is 5.70. The summed E-state index contributed by atoms with van der Waals surface area (Å²) < 4.78 is 6.35. The molecule has 0 fully saturated rings. The summed E-state index contributed by atoms with van der Waals surface area (Å²) >= 11 is 3.50. The van der Waals surface area contributed by atoms with Gasteiger partial charge in [-0.25, -0.2) is 5.43 Å². The number of rotatable bonds is 4. The number of nitrogens with one attached hydrogen (secondary N) is 1. The van der Waals surface area contributed by atoms with E-state index in [1.807, 2.05) is 31.2 Å². The van der Waals surface area contributed by atoms with Gasteiger partial charge < -0.3 is 4.74 Å². The average molecular weight is 322 g/mol. The van der Waals surface area contributed by atoms with E-state index in [0.717, 1.165) is 21.3 Å². The number of aryl methyl sites for hydroxylation is 1. The van der Waals surface area contributed by atoms with Crippen LogP contribution in [0.2, 0.25) is 0 Å². The van der Waals surface area contributed by atoms with E-state index in [1.54, 1.807) is 13.3 Å². The lowest BCUT2D eigenvalue weighted by Crippen LogP contribution is -2.30. The minimum atomic E-state index is -0.215. The van der Waals surface area contributed by atoms with E-state index in [9.17, 15) is 0 Å². The van der Waals surface area contributed by atoms with Crippen molar-refractivity contribution < 1.29 is 4.74 Å². The molecule has 0 aliphatic heterocycles. The molecule has 0 aliphatic carbocycles. The van der Waals surface area contributed by atoms with E-state index in [0.29, 0.717) is 5.75 Å². The van der Waals surface area contributed by atoms with Crippen LogP contribution in [0.5, 0.6) is 5.75 Å². The monoisotopic (exact) mass is 321 g/mol. The molecule has 4 nitrogen and oxygen atoms in total. The van der Waals surface area contributed by atoms with Gasteiger partial charge in [0.1, 0.15) is 11.4 Å². The Labute approximate surface area is 121 Å². The summed E-state index contributed by atoms with van der Waals surface area (Å²) in [6.07, 6.45) is 1.73. The van der Waals surface area contributed by atoms with Gasteiger partial charge in [0.05, 0.1) is 13.2 Å². The number of methoxy groups -OCH3 is 1. The molecule has 1 aromatic heterocycles. The van der Waals surface area contributed by atoms with Crippen molar-refractivity contribution in [1.29, 1.82) is 0 Å². The van der Waals surface area contributed by atoms with Crippen molar-refractivity contribution in [2.75, 3.05) is 7.11 Å². The van der Waals surface area contributed by atoms with Gasteiger partial charge in [-0.05, 0) is 42.3 Å². The van der Waals surface area contributed by atoms with Gasteiger partial charge in [-0.15, -0.1) is 0 Å². The van der Waals surface area contributed by atoms with Gasteiger partial charge in [-0.2, -0.15) is 0 Å². The molecule has 2 aromatic rings. The van der Waals surface area contributed by atoms with Crippen LogP contribution in [-0.4, -0.2) is 12.1 Å². The van der Waals surface area contributed by atoms with Crippen molar-refractivity contribution in [2.24, 2.45) is 5.84 Å². The summed E-state index contributed by atoms with van der Waals surface area (Å²) in [5, 5.41) is 0. The number of benzene rings is 1. The zero-order chi connectivity index (χ0) is 13.8. The van der Waals surface area contributed by atoms with Crippen LogP contribution in [-0.2, 0) is 0 Å². The minimum absolute atomic E-state index is 0.215. The van der Waals surface area contributed by atoms with Crippen molar-refractivity contribution in [2.45, 2.75) is 13.0 Å². The van der Waals surface area contributed by atoms with E-state index < -0.39 is 0 Å². The van der Waals surface area contributed by atoms with Crippen molar-refractivity contribution in [3.63, 3.8) is 0 Å². The summed E-state index contributed by atoms with van der Waals surface area (Å²) in [6.45, 7) is 2.04. The number of ether oxygens (including phenoxy) is 1. The second-order valence-corrected chi connectivity index (χ2v) is 5.17. The molecule has 1 unspecified atom stereocenters. The highest BCUT2D eigenvalue weighted by Gasteiger charge is 2.18. The van der Waals surface area contributed by atoms with E-state index in [4.69, 9.17) is 10.6 Å². The Morgan fingerprint density at radius 2 is 2.16 bits per heavy atom. The maximum Gasteiger partial charge on any atom is 0.142 e. The first-order valence-electron chi connectivity index (χ1n) is 5.88. The fourth-order valence-corrected chi connectivity index (χ4v) is 2.68. The molecule has 0 saturated heterocycles. The van der Waals surface area contributed by atoms with Gasteiger partial charge in [-0.1, -0.05) is 22.0 Å². The standard InChI is InChI=1S/C14H16BrN3O/c1-9-6-10(8-11(15)7-9)13(18-16)14-12(19-2)4-3-5-17-14/h3-8,13,18H,16H2,1-2H3. The third kappa shape index (κ3) is 3.12. The van der Waals surface area contributed by atoms with Crippen LogP contribution in [0.4, 0.5) is 0 Å². The summed E-state index contributed by atoms with van der Waals surface area (Å²) in [5.74, 6) is 6.41. The number of hydrogen-bond acceptors (Lipinski definition) is 4. The number of aromatic nitrogens is 1. The average Bonchev–Trinajstić information content (AvgIpc) is 2.39. The highest BCUT2D eigenvalue weighted by molar-refractivity contribution is 9.10. The molecule has 0 radical (unpaired) electrons. The quantitative estimate of drug-likeness (QED) is 0.671. The van der Waals surface area contributed by atoms with E-state index in [1.165, 1.54) is 0 Å². The molecule has 0 spiro atoms. The number of hydrazine groups is 1. The molecule has 5 heteroatoms. The molecule has 1 aromatic carbocycles. The molecule has 0 bridgehead atoms. The normalized spacial score (nSPS) is 12.2. The summed E-state index contributed by atoms with van der Waals surface area (Å²) in [4.78, 5) is 4.37. The van der Waals surface area contributed by atoms with E-state index >= 15 is 0 Å². The minimum Gasteiger partial charge on any atom is -0.495 e. The number of halogens is 1. The van der Waals surface area contributed by atoms with Crippen LogP contribution in [0.15, 0.2) is 41.0 Å². The lowest BCUT2D eigenvalue weighted by Gasteiger charge is -2.19. The molecule has 19 heavy (non-hydrogen) atoms. The molecular formula is C14H16BrN3O. The van der Waals surface area contributed by atoms with Crippen LogP contribution in [0.1, 0.15) is 22.9 Å².